The monoisotopic (exact) mass is 243 g/mol. The van der Waals surface area contributed by atoms with Crippen LogP contribution in [0.2, 0.25) is 0 Å². The number of rotatable bonds is 5. The van der Waals surface area contributed by atoms with Gasteiger partial charge in [-0.15, -0.1) is 0 Å². The Labute approximate surface area is 99.9 Å². The summed E-state index contributed by atoms with van der Waals surface area (Å²) in [5, 5.41) is 2.63. The van der Waals surface area contributed by atoms with Crippen molar-refractivity contribution in [2.45, 2.75) is 13.8 Å². The molecule has 0 radical (unpaired) electrons. The van der Waals surface area contributed by atoms with E-state index in [0.717, 1.165) is 0 Å². The third-order valence-corrected chi connectivity index (χ3v) is 1.89. The van der Waals surface area contributed by atoms with Crippen LogP contribution in [-0.2, 0) is 23.8 Å². The lowest BCUT2D eigenvalue weighted by Crippen LogP contribution is -2.32. The molecule has 0 bridgehead atoms. The van der Waals surface area contributed by atoms with Crippen molar-refractivity contribution in [3.05, 3.63) is 12.0 Å². The van der Waals surface area contributed by atoms with Crippen LogP contribution >= 0.6 is 0 Å². The molecule has 1 heterocycles. The molecule has 6 nitrogen and oxygen atoms in total. The first-order valence-corrected chi connectivity index (χ1v) is 5.48. The van der Waals surface area contributed by atoms with Gasteiger partial charge in [0.15, 0.2) is 6.61 Å². The summed E-state index contributed by atoms with van der Waals surface area (Å²) in [6.07, 6.45) is 1.19. The Morgan fingerprint density at radius 3 is 2.82 bits per heavy atom. The highest BCUT2D eigenvalue weighted by Crippen LogP contribution is 2.05. The molecular formula is C11H17NO5. The van der Waals surface area contributed by atoms with Gasteiger partial charge in [0.05, 0.1) is 0 Å². The number of carbonyl (C=O) groups excluding carboxylic acids is 2. The average Bonchev–Trinajstić information content (AvgIpc) is 2.34. The molecule has 0 spiro atoms. The second kappa shape index (κ2) is 6.78. The molecule has 1 N–H and O–H groups in total. The zero-order valence-electron chi connectivity index (χ0n) is 10.0. The fourth-order valence-electron chi connectivity index (χ4n) is 1.05. The fraction of sp³-hybridized carbons (Fsp3) is 0.636. The molecule has 0 aliphatic carbocycles. The molecule has 0 atom stereocenters. The van der Waals surface area contributed by atoms with Gasteiger partial charge in [0.1, 0.15) is 19.5 Å². The normalized spacial score (nSPS) is 14.4. The lowest BCUT2D eigenvalue weighted by Gasteiger charge is -2.14. The first-order chi connectivity index (χ1) is 8.09. The van der Waals surface area contributed by atoms with Crippen molar-refractivity contribution in [2.24, 2.45) is 5.92 Å². The third kappa shape index (κ3) is 5.24. The Balaban J connectivity index is 2.23. The van der Waals surface area contributed by atoms with Crippen LogP contribution in [0.5, 0.6) is 0 Å². The molecule has 1 aliphatic heterocycles. The van der Waals surface area contributed by atoms with E-state index in [-0.39, 0.29) is 18.3 Å². The molecule has 6 heteroatoms. The van der Waals surface area contributed by atoms with Crippen LogP contribution in [0, 0.1) is 5.92 Å². The van der Waals surface area contributed by atoms with Crippen LogP contribution in [0.15, 0.2) is 12.0 Å². The topological polar surface area (TPSA) is 73.9 Å². The average molecular weight is 243 g/mol. The Hall–Kier alpha value is -1.72. The van der Waals surface area contributed by atoms with Gasteiger partial charge in [-0.05, 0) is 5.92 Å². The van der Waals surface area contributed by atoms with Crippen LogP contribution in [0.4, 0.5) is 0 Å². The first kappa shape index (κ1) is 13.3. The third-order valence-electron chi connectivity index (χ3n) is 1.89. The molecule has 0 aromatic heterocycles. The van der Waals surface area contributed by atoms with Gasteiger partial charge < -0.3 is 19.5 Å². The molecule has 0 aromatic carbocycles. The van der Waals surface area contributed by atoms with Gasteiger partial charge in [0.25, 0.3) is 5.91 Å². The van der Waals surface area contributed by atoms with Crippen molar-refractivity contribution in [1.82, 2.24) is 5.32 Å². The minimum absolute atomic E-state index is 0.00657. The van der Waals surface area contributed by atoms with Gasteiger partial charge in [-0.2, -0.15) is 0 Å². The second-order valence-electron chi connectivity index (χ2n) is 3.98. The fourth-order valence-corrected chi connectivity index (χ4v) is 1.05. The number of hydrogen-bond donors (Lipinski definition) is 1. The summed E-state index contributed by atoms with van der Waals surface area (Å²) >= 11 is 0. The van der Waals surface area contributed by atoms with E-state index in [4.69, 9.17) is 14.2 Å². The minimum Gasteiger partial charge on any atom is -0.493 e. The van der Waals surface area contributed by atoms with Crippen LogP contribution in [0.1, 0.15) is 13.8 Å². The molecule has 1 rings (SSSR count). The molecule has 0 aromatic rings. The molecule has 1 aliphatic rings. The highest BCUT2D eigenvalue weighted by molar-refractivity contribution is 5.88. The Morgan fingerprint density at radius 1 is 1.47 bits per heavy atom. The smallest absolute Gasteiger partial charge is 0.377 e. The second-order valence-corrected chi connectivity index (χ2v) is 3.98. The van der Waals surface area contributed by atoms with E-state index in [0.29, 0.717) is 25.7 Å². The summed E-state index contributed by atoms with van der Waals surface area (Å²) < 4.78 is 14.7. The molecule has 0 saturated carbocycles. The van der Waals surface area contributed by atoms with Crippen molar-refractivity contribution < 1.29 is 23.8 Å². The number of carbonyl (C=O) groups is 2. The van der Waals surface area contributed by atoms with Gasteiger partial charge in [-0.25, -0.2) is 4.79 Å². The number of nitrogens with one attached hydrogen (secondary N) is 1. The largest absolute Gasteiger partial charge is 0.493 e. The quantitative estimate of drug-likeness (QED) is 0.698. The van der Waals surface area contributed by atoms with Gasteiger partial charge in [0.2, 0.25) is 5.76 Å². The van der Waals surface area contributed by atoms with E-state index in [2.05, 4.69) is 5.32 Å². The Bertz CT molecular complexity index is 311. The van der Waals surface area contributed by atoms with E-state index < -0.39 is 5.97 Å². The van der Waals surface area contributed by atoms with Gasteiger partial charge in [0, 0.05) is 6.54 Å². The van der Waals surface area contributed by atoms with Crippen molar-refractivity contribution in [3.8, 4) is 0 Å². The lowest BCUT2D eigenvalue weighted by molar-refractivity contribution is -0.149. The summed E-state index contributed by atoms with van der Waals surface area (Å²) in [4.78, 5) is 22.6. The summed E-state index contributed by atoms with van der Waals surface area (Å²) in [5.41, 5.74) is 0. The summed E-state index contributed by atoms with van der Waals surface area (Å²) in [7, 11) is 0. The van der Waals surface area contributed by atoms with E-state index in [1.54, 1.807) is 0 Å². The zero-order valence-corrected chi connectivity index (χ0v) is 10.0. The molecular weight excluding hydrogens is 226 g/mol. The maximum atomic E-state index is 11.4. The predicted octanol–water partition coefficient (Wildman–Crippen LogP) is 0.190. The zero-order chi connectivity index (χ0) is 12.7. The first-order valence-electron chi connectivity index (χ1n) is 5.48. The highest BCUT2D eigenvalue weighted by atomic mass is 16.6. The van der Waals surface area contributed by atoms with Crippen molar-refractivity contribution in [3.63, 3.8) is 0 Å². The molecule has 0 fully saturated rings. The summed E-state index contributed by atoms with van der Waals surface area (Å²) in [6, 6.07) is 0. The molecule has 1 amide bonds. The van der Waals surface area contributed by atoms with Gasteiger partial charge in [-0.1, -0.05) is 13.8 Å². The molecule has 96 valence electrons. The van der Waals surface area contributed by atoms with Gasteiger partial charge >= 0.3 is 5.97 Å². The van der Waals surface area contributed by atoms with Crippen LogP contribution in [0.25, 0.3) is 0 Å². The Kier molecular flexibility index (Phi) is 5.32. The van der Waals surface area contributed by atoms with Gasteiger partial charge in [-0.3, -0.25) is 4.79 Å². The summed E-state index contributed by atoms with van der Waals surface area (Å²) in [5.74, 6) is -0.672. The lowest BCUT2D eigenvalue weighted by atomic mass is 10.2. The molecule has 0 saturated heterocycles. The predicted molar refractivity (Wildman–Crippen MR) is 58.8 cm³/mol. The number of hydrogen-bond acceptors (Lipinski definition) is 5. The maximum absolute atomic E-state index is 11.4. The Morgan fingerprint density at radius 2 is 2.24 bits per heavy atom. The van der Waals surface area contributed by atoms with Crippen molar-refractivity contribution in [1.29, 1.82) is 0 Å². The standard InChI is InChI=1S/C11H17NO5/c1-8(2)5-12-10(13)7-17-11(14)9-6-15-3-4-16-9/h6,8H,3-5,7H2,1-2H3,(H,12,13). The van der Waals surface area contributed by atoms with E-state index >= 15 is 0 Å². The number of esters is 1. The van der Waals surface area contributed by atoms with Crippen LogP contribution < -0.4 is 5.32 Å². The number of ether oxygens (including phenoxy) is 3. The van der Waals surface area contributed by atoms with Crippen molar-refractivity contribution in [2.75, 3.05) is 26.4 Å². The van der Waals surface area contributed by atoms with E-state index in [9.17, 15) is 9.59 Å². The SMILES string of the molecule is CC(C)CNC(=O)COC(=O)C1=COCCO1. The van der Waals surface area contributed by atoms with E-state index in [1.807, 2.05) is 13.8 Å². The van der Waals surface area contributed by atoms with Crippen LogP contribution in [0.3, 0.4) is 0 Å². The maximum Gasteiger partial charge on any atom is 0.377 e. The summed E-state index contributed by atoms with van der Waals surface area (Å²) in [6.45, 7) is 4.91. The van der Waals surface area contributed by atoms with Crippen molar-refractivity contribution >= 4 is 11.9 Å². The molecule has 17 heavy (non-hydrogen) atoms. The highest BCUT2D eigenvalue weighted by Gasteiger charge is 2.17. The van der Waals surface area contributed by atoms with E-state index in [1.165, 1.54) is 6.26 Å². The minimum atomic E-state index is -0.690. The number of amides is 1. The van der Waals surface area contributed by atoms with Crippen LogP contribution in [-0.4, -0.2) is 38.2 Å². The molecule has 0 unspecified atom stereocenters.